The molecule has 1 saturated heterocycles. The fourth-order valence-corrected chi connectivity index (χ4v) is 4.26. The lowest BCUT2D eigenvalue weighted by atomic mass is 9.78. The molecule has 1 N–H and O–H groups in total. The second-order valence-electron chi connectivity index (χ2n) is 8.02. The molecule has 1 heterocycles. The van der Waals surface area contributed by atoms with Crippen molar-refractivity contribution in [1.29, 1.82) is 5.26 Å². The molecular formula is C21H29FN4O2. The molecule has 6 nitrogen and oxygen atoms in total. The summed E-state index contributed by atoms with van der Waals surface area (Å²) < 4.78 is 19.9. The second-order valence-corrected chi connectivity index (χ2v) is 8.02. The molecule has 1 aliphatic heterocycles. The van der Waals surface area contributed by atoms with Gasteiger partial charge in [-0.1, -0.05) is 18.9 Å². The first-order chi connectivity index (χ1) is 13.4. The zero-order valence-electron chi connectivity index (χ0n) is 16.7. The number of hydrogen-bond donors (Lipinski definition) is 1. The van der Waals surface area contributed by atoms with E-state index >= 15 is 0 Å². The average molecular weight is 388 g/mol. The van der Waals surface area contributed by atoms with Gasteiger partial charge < -0.3 is 15.0 Å². The first kappa shape index (κ1) is 20.7. The van der Waals surface area contributed by atoms with Crippen molar-refractivity contribution in [3.05, 3.63) is 35.1 Å². The quantitative estimate of drug-likeness (QED) is 0.834. The Labute approximate surface area is 166 Å². The number of carbonyl (C=O) groups excluding carboxylic acids is 1. The number of nitriles is 1. The summed E-state index contributed by atoms with van der Waals surface area (Å²) in [6, 6.07) is 6.78. The highest BCUT2D eigenvalue weighted by atomic mass is 19.1. The number of halogens is 1. The van der Waals surface area contributed by atoms with Crippen LogP contribution in [0, 0.1) is 17.1 Å². The van der Waals surface area contributed by atoms with E-state index in [1.807, 2.05) is 6.07 Å². The molecule has 1 aromatic rings. The Morgan fingerprint density at radius 2 is 2.29 bits per heavy atom. The summed E-state index contributed by atoms with van der Waals surface area (Å²) >= 11 is 0. The number of nitrogens with one attached hydrogen (secondary N) is 1. The minimum absolute atomic E-state index is 0.0590. The highest BCUT2D eigenvalue weighted by Crippen LogP contribution is 2.35. The van der Waals surface area contributed by atoms with Crippen LogP contribution < -0.4 is 5.32 Å². The van der Waals surface area contributed by atoms with Crippen molar-refractivity contribution in [2.24, 2.45) is 0 Å². The van der Waals surface area contributed by atoms with Gasteiger partial charge in [0.2, 0.25) is 5.91 Å². The minimum atomic E-state index is -0.480. The molecule has 0 radical (unpaired) electrons. The van der Waals surface area contributed by atoms with E-state index in [0.29, 0.717) is 19.7 Å². The largest absolute Gasteiger partial charge is 0.371 e. The van der Waals surface area contributed by atoms with Gasteiger partial charge in [0.05, 0.1) is 24.3 Å². The number of rotatable bonds is 5. The molecule has 1 saturated carbocycles. The molecule has 2 aliphatic rings. The summed E-state index contributed by atoms with van der Waals surface area (Å²) in [5.41, 5.74) is 0.708. The first-order valence-electron chi connectivity index (χ1n) is 9.92. The molecule has 1 aliphatic carbocycles. The van der Waals surface area contributed by atoms with E-state index in [0.717, 1.165) is 44.3 Å². The molecule has 2 atom stereocenters. The Morgan fingerprint density at radius 1 is 1.46 bits per heavy atom. The Bertz CT molecular complexity index is 744. The van der Waals surface area contributed by atoms with Gasteiger partial charge in [0.15, 0.2) is 0 Å². The fourth-order valence-electron chi connectivity index (χ4n) is 4.26. The zero-order chi connectivity index (χ0) is 20.1. The summed E-state index contributed by atoms with van der Waals surface area (Å²) in [4.78, 5) is 15.9. The van der Waals surface area contributed by atoms with Crippen LogP contribution in [0.15, 0.2) is 18.2 Å². The number of hydrogen-bond acceptors (Lipinski definition) is 5. The van der Waals surface area contributed by atoms with Gasteiger partial charge in [-0.25, -0.2) is 4.39 Å². The van der Waals surface area contributed by atoms with Gasteiger partial charge in [-0.2, -0.15) is 5.26 Å². The number of amides is 1. The van der Waals surface area contributed by atoms with Crippen LogP contribution in [-0.4, -0.2) is 67.7 Å². The molecule has 2 fully saturated rings. The third kappa shape index (κ3) is 4.69. The second kappa shape index (κ2) is 8.99. The predicted molar refractivity (Wildman–Crippen MR) is 104 cm³/mol. The predicted octanol–water partition coefficient (Wildman–Crippen LogP) is 1.89. The van der Waals surface area contributed by atoms with Crippen molar-refractivity contribution in [2.75, 3.05) is 40.3 Å². The summed E-state index contributed by atoms with van der Waals surface area (Å²) in [7, 11) is 3.52. The number of benzene rings is 1. The Kier molecular flexibility index (Phi) is 6.65. The van der Waals surface area contributed by atoms with Crippen molar-refractivity contribution >= 4 is 5.91 Å². The third-order valence-electron chi connectivity index (χ3n) is 5.82. The van der Waals surface area contributed by atoms with E-state index in [9.17, 15) is 9.18 Å². The summed E-state index contributed by atoms with van der Waals surface area (Å²) in [5, 5.41) is 12.5. The van der Waals surface area contributed by atoms with Crippen LogP contribution in [0.1, 0.15) is 36.8 Å². The van der Waals surface area contributed by atoms with Crippen LogP contribution >= 0.6 is 0 Å². The number of morpholine rings is 1. The summed E-state index contributed by atoms with van der Waals surface area (Å²) in [5.74, 6) is -0.421. The van der Waals surface area contributed by atoms with Crippen molar-refractivity contribution in [3.63, 3.8) is 0 Å². The Balaban J connectivity index is 1.68. The van der Waals surface area contributed by atoms with Gasteiger partial charge in [-0.05, 0) is 30.5 Å². The van der Waals surface area contributed by atoms with Gasteiger partial charge in [-0.3, -0.25) is 9.69 Å². The SMILES string of the molecule is CN(C)C(=O)CN[C@@H]1CCCC[C@]12CN(Cc1ccc(F)c(C#N)c1)CCO2. The highest BCUT2D eigenvalue weighted by molar-refractivity contribution is 5.77. The molecule has 1 aromatic carbocycles. The monoisotopic (exact) mass is 388 g/mol. The summed E-state index contributed by atoms with van der Waals surface area (Å²) in [6.45, 7) is 3.16. The Hall–Kier alpha value is -2.01. The standard InChI is InChI=1S/C21H29FN4O2/c1-25(2)20(27)13-24-19-5-3-4-8-21(19)15-26(9-10-28-21)14-16-6-7-18(22)17(11-16)12-23/h6-7,11,19,24H,3-5,8-10,13-15H2,1-2H3/t19-,21+/m1/s1. The average Bonchev–Trinajstić information content (AvgIpc) is 2.68. The van der Waals surface area contributed by atoms with Crippen molar-refractivity contribution < 1.29 is 13.9 Å². The van der Waals surface area contributed by atoms with Gasteiger partial charge in [0, 0.05) is 39.8 Å². The van der Waals surface area contributed by atoms with Gasteiger partial charge in [-0.15, -0.1) is 0 Å². The lowest BCUT2D eigenvalue weighted by Crippen LogP contribution is -2.63. The molecule has 3 rings (SSSR count). The normalized spacial score (nSPS) is 25.4. The highest BCUT2D eigenvalue weighted by Gasteiger charge is 2.45. The van der Waals surface area contributed by atoms with E-state index < -0.39 is 5.82 Å². The topological polar surface area (TPSA) is 68.6 Å². The maximum Gasteiger partial charge on any atom is 0.236 e. The summed E-state index contributed by atoms with van der Waals surface area (Å²) in [6.07, 6.45) is 4.19. The molecular weight excluding hydrogens is 359 g/mol. The number of carbonyl (C=O) groups is 1. The maximum atomic E-state index is 13.6. The minimum Gasteiger partial charge on any atom is -0.371 e. The van der Waals surface area contributed by atoms with E-state index in [-0.39, 0.29) is 23.1 Å². The Morgan fingerprint density at radius 3 is 3.04 bits per heavy atom. The van der Waals surface area contributed by atoms with Crippen molar-refractivity contribution in [3.8, 4) is 6.07 Å². The number of nitrogens with zero attached hydrogens (tertiary/aromatic N) is 3. The lowest BCUT2D eigenvalue weighted by molar-refractivity contribution is -0.147. The van der Waals surface area contributed by atoms with Crippen LogP contribution in [0.4, 0.5) is 4.39 Å². The molecule has 0 bridgehead atoms. The molecule has 1 spiro atoms. The molecule has 152 valence electrons. The maximum absolute atomic E-state index is 13.6. The van der Waals surface area contributed by atoms with Crippen LogP contribution in [0.25, 0.3) is 0 Å². The van der Waals surface area contributed by atoms with E-state index in [2.05, 4.69) is 10.2 Å². The lowest BCUT2D eigenvalue weighted by Gasteiger charge is -2.50. The first-order valence-corrected chi connectivity index (χ1v) is 9.92. The van der Waals surface area contributed by atoms with E-state index in [4.69, 9.17) is 10.00 Å². The van der Waals surface area contributed by atoms with Crippen molar-refractivity contribution in [1.82, 2.24) is 15.1 Å². The molecule has 1 amide bonds. The van der Waals surface area contributed by atoms with Crippen molar-refractivity contribution in [2.45, 2.75) is 43.9 Å². The van der Waals surface area contributed by atoms with Gasteiger partial charge in [0.1, 0.15) is 11.9 Å². The van der Waals surface area contributed by atoms with Crippen LogP contribution in [0.2, 0.25) is 0 Å². The van der Waals surface area contributed by atoms with Gasteiger partial charge in [0.25, 0.3) is 0 Å². The molecule has 7 heteroatoms. The van der Waals surface area contributed by atoms with Crippen LogP contribution in [0.3, 0.4) is 0 Å². The molecule has 28 heavy (non-hydrogen) atoms. The smallest absolute Gasteiger partial charge is 0.236 e. The number of likely N-dealkylation sites (N-methyl/N-ethyl adjacent to an activating group) is 1. The van der Waals surface area contributed by atoms with Crippen LogP contribution in [-0.2, 0) is 16.1 Å². The third-order valence-corrected chi connectivity index (χ3v) is 5.82. The van der Waals surface area contributed by atoms with Crippen LogP contribution in [0.5, 0.6) is 0 Å². The van der Waals surface area contributed by atoms with E-state index in [1.54, 1.807) is 31.1 Å². The van der Waals surface area contributed by atoms with E-state index in [1.165, 1.54) is 6.07 Å². The zero-order valence-corrected chi connectivity index (χ0v) is 16.7. The molecule has 0 aromatic heterocycles. The number of ether oxygens (including phenoxy) is 1. The fraction of sp³-hybridized carbons (Fsp3) is 0.619. The molecule has 0 unspecified atom stereocenters. The van der Waals surface area contributed by atoms with Gasteiger partial charge >= 0.3 is 0 Å².